The number of pyridine rings is 1. The van der Waals surface area contributed by atoms with E-state index in [2.05, 4.69) is 20.5 Å². The number of alkyl halides is 3. The van der Waals surface area contributed by atoms with Gasteiger partial charge in [-0.1, -0.05) is 6.07 Å². The number of nitrogens with zero attached hydrogens (tertiary/aromatic N) is 5. The Morgan fingerprint density at radius 3 is 2.74 bits per heavy atom. The Morgan fingerprint density at radius 1 is 1.32 bits per heavy atom. The number of fused-ring (bicyclic) bond motifs is 1. The molecule has 4 rings (SSSR count). The number of aromatic amines is 1. The van der Waals surface area contributed by atoms with Crippen molar-refractivity contribution in [2.24, 2.45) is 0 Å². The highest BCUT2D eigenvalue weighted by Gasteiger charge is 2.34. The van der Waals surface area contributed by atoms with E-state index in [0.29, 0.717) is 18.7 Å². The Hall–Kier alpha value is -3.55. The van der Waals surface area contributed by atoms with E-state index >= 15 is 0 Å². The van der Waals surface area contributed by atoms with E-state index in [9.17, 15) is 18.0 Å². The topological polar surface area (TPSA) is 102 Å². The highest BCUT2D eigenvalue weighted by Crippen LogP contribution is 2.31. The summed E-state index contributed by atoms with van der Waals surface area (Å²) < 4.78 is 40.6. The summed E-state index contributed by atoms with van der Waals surface area (Å²) in [6.07, 6.45) is 0.865. The third-order valence-electron chi connectivity index (χ3n) is 5.69. The second-order valence-electron chi connectivity index (χ2n) is 7.59. The molecule has 1 saturated carbocycles. The number of carbonyl (C=O) groups excluding carboxylic acids is 1. The third-order valence-corrected chi connectivity index (χ3v) is 5.69. The number of nitriles is 1. The molecule has 1 aliphatic rings. The lowest BCUT2D eigenvalue weighted by Crippen LogP contribution is -2.43. The van der Waals surface area contributed by atoms with Crippen molar-refractivity contribution in [2.45, 2.75) is 43.9 Å². The fraction of sp³-hybridized carbons (Fsp3) is 0.400. The van der Waals surface area contributed by atoms with Crippen LogP contribution in [0.25, 0.3) is 5.65 Å². The van der Waals surface area contributed by atoms with Gasteiger partial charge in [-0.05, 0) is 37.8 Å². The predicted octanol–water partition coefficient (Wildman–Crippen LogP) is 3.13. The molecule has 0 radical (unpaired) electrons. The quantitative estimate of drug-likeness (QED) is 0.661. The average molecular weight is 431 g/mol. The van der Waals surface area contributed by atoms with Crippen LogP contribution in [0, 0.1) is 11.3 Å². The first-order valence-corrected chi connectivity index (χ1v) is 9.81. The predicted molar refractivity (Wildman–Crippen MR) is 105 cm³/mol. The molecule has 1 amide bonds. The monoisotopic (exact) mass is 431 g/mol. The van der Waals surface area contributed by atoms with Crippen molar-refractivity contribution in [1.82, 2.24) is 24.9 Å². The molecule has 3 aromatic rings. The zero-order valence-electron chi connectivity index (χ0n) is 16.6. The van der Waals surface area contributed by atoms with Gasteiger partial charge in [0.1, 0.15) is 17.5 Å². The SMILES string of the molecule is CN(c1cccc2nc(C(F)(F)F)cn12)[C@H]1CC[C@@H](NC(=O)c2c[nH]nc2C#N)CC1. The van der Waals surface area contributed by atoms with Crippen LogP contribution < -0.4 is 10.2 Å². The summed E-state index contributed by atoms with van der Waals surface area (Å²) in [5.41, 5.74) is -0.409. The molecule has 3 heterocycles. The van der Waals surface area contributed by atoms with Gasteiger partial charge in [0.05, 0.1) is 5.56 Å². The maximum Gasteiger partial charge on any atom is 0.434 e. The maximum atomic E-state index is 13.1. The molecule has 0 unspecified atom stereocenters. The Balaban J connectivity index is 1.43. The summed E-state index contributed by atoms with van der Waals surface area (Å²) >= 11 is 0. The molecule has 0 saturated heterocycles. The first-order chi connectivity index (χ1) is 14.8. The van der Waals surface area contributed by atoms with Crippen LogP contribution in [0.5, 0.6) is 0 Å². The van der Waals surface area contributed by atoms with Crippen LogP contribution in [0.4, 0.5) is 19.0 Å². The molecule has 0 aromatic carbocycles. The lowest BCUT2D eigenvalue weighted by molar-refractivity contribution is -0.140. The van der Waals surface area contributed by atoms with E-state index in [1.165, 1.54) is 10.6 Å². The van der Waals surface area contributed by atoms with Crippen molar-refractivity contribution in [2.75, 3.05) is 11.9 Å². The molecule has 3 aromatic heterocycles. The van der Waals surface area contributed by atoms with Gasteiger partial charge in [0.25, 0.3) is 5.91 Å². The van der Waals surface area contributed by atoms with E-state index in [-0.39, 0.29) is 34.9 Å². The smallest absolute Gasteiger partial charge is 0.358 e. The lowest BCUT2D eigenvalue weighted by Gasteiger charge is -2.36. The normalized spacial score (nSPS) is 19.2. The van der Waals surface area contributed by atoms with Gasteiger partial charge >= 0.3 is 6.18 Å². The van der Waals surface area contributed by atoms with Gasteiger partial charge in [0.2, 0.25) is 0 Å². The van der Waals surface area contributed by atoms with Crippen molar-refractivity contribution in [3.05, 3.63) is 47.5 Å². The van der Waals surface area contributed by atoms with Crippen molar-refractivity contribution in [3.63, 3.8) is 0 Å². The molecule has 31 heavy (non-hydrogen) atoms. The first kappa shape index (κ1) is 20.7. The molecule has 11 heteroatoms. The number of H-pyrrole nitrogens is 1. The van der Waals surface area contributed by atoms with Gasteiger partial charge in [0, 0.05) is 31.5 Å². The fourth-order valence-electron chi connectivity index (χ4n) is 4.03. The van der Waals surface area contributed by atoms with E-state index in [1.807, 2.05) is 18.0 Å². The second-order valence-corrected chi connectivity index (χ2v) is 7.59. The number of anilines is 1. The minimum Gasteiger partial charge on any atom is -0.358 e. The van der Waals surface area contributed by atoms with E-state index in [1.54, 1.807) is 18.2 Å². The van der Waals surface area contributed by atoms with Crippen LogP contribution >= 0.6 is 0 Å². The van der Waals surface area contributed by atoms with Crippen LogP contribution in [-0.4, -0.2) is 44.6 Å². The van der Waals surface area contributed by atoms with Gasteiger partial charge in [-0.3, -0.25) is 14.3 Å². The number of rotatable bonds is 4. The van der Waals surface area contributed by atoms with E-state index in [4.69, 9.17) is 5.26 Å². The second kappa shape index (κ2) is 7.94. The van der Waals surface area contributed by atoms with Gasteiger partial charge in [-0.2, -0.15) is 23.5 Å². The number of aromatic nitrogens is 4. The van der Waals surface area contributed by atoms with Crippen LogP contribution in [0.2, 0.25) is 0 Å². The Morgan fingerprint density at radius 2 is 2.06 bits per heavy atom. The van der Waals surface area contributed by atoms with Gasteiger partial charge in [0.15, 0.2) is 11.4 Å². The zero-order chi connectivity index (χ0) is 22.2. The molecule has 2 N–H and O–H groups in total. The summed E-state index contributed by atoms with van der Waals surface area (Å²) in [4.78, 5) is 18.0. The summed E-state index contributed by atoms with van der Waals surface area (Å²) in [5, 5.41) is 18.2. The number of carbonyl (C=O) groups is 1. The largest absolute Gasteiger partial charge is 0.434 e. The summed E-state index contributed by atoms with van der Waals surface area (Å²) in [7, 11) is 1.86. The Bertz CT molecular complexity index is 1140. The number of hydrogen-bond acceptors (Lipinski definition) is 5. The fourth-order valence-corrected chi connectivity index (χ4v) is 4.03. The van der Waals surface area contributed by atoms with Crippen molar-refractivity contribution in [3.8, 4) is 6.07 Å². The van der Waals surface area contributed by atoms with E-state index in [0.717, 1.165) is 19.0 Å². The van der Waals surface area contributed by atoms with Crippen molar-refractivity contribution < 1.29 is 18.0 Å². The molecule has 0 bridgehead atoms. The van der Waals surface area contributed by atoms with Crippen LogP contribution in [0.3, 0.4) is 0 Å². The molecular formula is C20H20F3N7O. The van der Waals surface area contributed by atoms with E-state index < -0.39 is 11.9 Å². The lowest BCUT2D eigenvalue weighted by atomic mass is 9.90. The van der Waals surface area contributed by atoms with Crippen molar-refractivity contribution >= 4 is 17.4 Å². The number of imidazole rings is 1. The van der Waals surface area contributed by atoms with Crippen LogP contribution in [0.1, 0.15) is 47.4 Å². The summed E-state index contributed by atoms with van der Waals surface area (Å²) in [6.45, 7) is 0. The number of nitrogens with one attached hydrogen (secondary N) is 2. The Labute approximate surface area is 175 Å². The molecule has 8 nitrogen and oxygen atoms in total. The molecule has 1 fully saturated rings. The molecule has 1 aliphatic carbocycles. The minimum atomic E-state index is -4.50. The average Bonchev–Trinajstić information content (AvgIpc) is 3.40. The Kier molecular flexibility index (Phi) is 5.31. The van der Waals surface area contributed by atoms with Crippen LogP contribution in [-0.2, 0) is 6.18 Å². The summed E-state index contributed by atoms with van der Waals surface area (Å²) in [6, 6.07) is 6.95. The molecule has 0 aliphatic heterocycles. The molecule has 0 spiro atoms. The number of amides is 1. The summed E-state index contributed by atoms with van der Waals surface area (Å²) in [5.74, 6) is 0.287. The number of hydrogen-bond donors (Lipinski definition) is 2. The highest BCUT2D eigenvalue weighted by atomic mass is 19.4. The maximum absolute atomic E-state index is 13.1. The zero-order valence-corrected chi connectivity index (χ0v) is 16.6. The third kappa shape index (κ3) is 4.05. The standard InChI is InChI=1S/C20H20F3N7O/c1-29(18-4-2-3-17-27-16(11-30(17)18)20(21,22)23)13-7-5-12(6-8-13)26-19(31)14-10-25-28-15(14)9-24/h2-4,10-13H,5-8H2,1H3,(H,25,28)(H,26,31)/t12-,13+. The van der Waals surface area contributed by atoms with Gasteiger partial charge in [-0.25, -0.2) is 4.98 Å². The highest BCUT2D eigenvalue weighted by molar-refractivity contribution is 5.96. The van der Waals surface area contributed by atoms with Crippen LogP contribution in [0.15, 0.2) is 30.6 Å². The first-order valence-electron chi connectivity index (χ1n) is 9.81. The molecular weight excluding hydrogens is 411 g/mol. The molecule has 0 atom stereocenters. The van der Waals surface area contributed by atoms with Gasteiger partial charge < -0.3 is 10.2 Å². The van der Waals surface area contributed by atoms with Crippen molar-refractivity contribution in [1.29, 1.82) is 5.26 Å². The number of halogens is 3. The minimum absolute atomic E-state index is 0.0422. The molecule has 162 valence electrons. The van der Waals surface area contributed by atoms with Gasteiger partial charge in [-0.15, -0.1) is 0 Å².